The summed E-state index contributed by atoms with van der Waals surface area (Å²) in [7, 11) is 0. The van der Waals surface area contributed by atoms with E-state index in [9.17, 15) is 9.18 Å². The summed E-state index contributed by atoms with van der Waals surface area (Å²) in [6, 6.07) is 4.66. The SMILES string of the molecule is CCCNC(=O)CNc1c(F)cccc1Br. The average molecular weight is 289 g/mol. The Balaban J connectivity index is 2.51. The topological polar surface area (TPSA) is 41.1 Å². The Morgan fingerprint density at radius 2 is 2.25 bits per heavy atom. The van der Waals surface area contributed by atoms with Crippen molar-refractivity contribution in [3.63, 3.8) is 0 Å². The number of hydrogen-bond donors (Lipinski definition) is 2. The van der Waals surface area contributed by atoms with Crippen LogP contribution in [0.5, 0.6) is 0 Å². The van der Waals surface area contributed by atoms with Gasteiger partial charge in [0.05, 0.1) is 12.2 Å². The molecule has 1 aromatic rings. The van der Waals surface area contributed by atoms with Crippen LogP contribution in [0.4, 0.5) is 10.1 Å². The first-order valence-corrected chi connectivity index (χ1v) is 5.89. The average Bonchev–Trinajstić information content (AvgIpc) is 2.25. The maximum absolute atomic E-state index is 13.3. The molecule has 0 unspecified atom stereocenters. The van der Waals surface area contributed by atoms with Crippen molar-refractivity contribution >= 4 is 27.5 Å². The highest BCUT2D eigenvalue weighted by Crippen LogP contribution is 2.24. The van der Waals surface area contributed by atoms with Crippen LogP contribution >= 0.6 is 15.9 Å². The van der Waals surface area contributed by atoms with Crippen LogP contribution in [-0.2, 0) is 4.79 Å². The third kappa shape index (κ3) is 3.81. The van der Waals surface area contributed by atoms with Gasteiger partial charge in [0.15, 0.2) is 0 Å². The third-order valence-electron chi connectivity index (χ3n) is 1.96. The molecule has 0 radical (unpaired) electrons. The molecule has 0 aliphatic carbocycles. The van der Waals surface area contributed by atoms with Gasteiger partial charge in [-0.3, -0.25) is 4.79 Å². The molecule has 0 aliphatic heterocycles. The van der Waals surface area contributed by atoms with E-state index in [4.69, 9.17) is 0 Å². The van der Waals surface area contributed by atoms with E-state index in [0.717, 1.165) is 6.42 Å². The van der Waals surface area contributed by atoms with Crippen molar-refractivity contribution in [2.75, 3.05) is 18.4 Å². The largest absolute Gasteiger partial charge is 0.373 e. The Morgan fingerprint density at radius 1 is 1.50 bits per heavy atom. The van der Waals surface area contributed by atoms with Crippen molar-refractivity contribution in [2.24, 2.45) is 0 Å². The van der Waals surface area contributed by atoms with Gasteiger partial charge >= 0.3 is 0 Å². The molecule has 5 heteroatoms. The second kappa shape index (κ2) is 6.48. The first kappa shape index (κ1) is 13.0. The normalized spacial score (nSPS) is 9.94. The Labute approximate surface area is 103 Å². The number of anilines is 1. The fourth-order valence-electron chi connectivity index (χ4n) is 1.16. The third-order valence-corrected chi connectivity index (χ3v) is 2.62. The minimum absolute atomic E-state index is 0.0690. The highest BCUT2D eigenvalue weighted by molar-refractivity contribution is 9.10. The van der Waals surface area contributed by atoms with E-state index in [1.165, 1.54) is 6.07 Å². The van der Waals surface area contributed by atoms with Crippen molar-refractivity contribution in [2.45, 2.75) is 13.3 Å². The number of para-hydroxylation sites is 1. The number of halogens is 2. The highest BCUT2D eigenvalue weighted by Gasteiger charge is 2.07. The second-order valence-electron chi connectivity index (χ2n) is 3.30. The van der Waals surface area contributed by atoms with Gasteiger partial charge in [-0.25, -0.2) is 4.39 Å². The molecule has 0 aromatic heterocycles. The number of nitrogens with one attached hydrogen (secondary N) is 2. The molecule has 0 fully saturated rings. The summed E-state index contributed by atoms with van der Waals surface area (Å²) >= 11 is 3.22. The summed E-state index contributed by atoms with van der Waals surface area (Å²) in [5.74, 6) is -0.519. The van der Waals surface area contributed by atoms with Gasteiger partial charge in [-0.2, -0.15) is 0 Å². The lowest BCUT2D eigenvalue weighted by molar-refractivity contribution is -0.119. The van der Waals surface area contributed by atoms with Gasteiger partial charge in [0, 0.05) is 11.0 Å². The summed E-state index contributed by atoms with van der Waals surface area (Å²) in [6.07, 6.45) is 0.884. The number of benzene rings is 1. The fraction of sp³-hybridized carbons (Fsp3) is 0.364. The molecule has 0 atom stereocenters. The van der Waals surface area contributed by atoms with Crippen molar-refractivity contribution in [3.05, 3.63) is 28.5 Å². The monoisotopic (exact) mass is 288 g/mol. The smallest absolute Gasteiger partial charge is 0.239 e. The second-order valence-corrected chi connectivity index (χ2v) is 4.15. The van der Waals surface area contributed by atoms with Crippen LogP contribution in [0.2, 0.25) is 0 Å². The summed E-state index contributed by atoms with van der Waals surface area (Å²) in [5, 5.41) is 5.46. The maximum atomic E-state index is 13.3. The Kier molecular flexibility index (Phi) is 5.25. The predicted molar refractivity (Wildman–Crippen MR) is 65.9 cm³/mol. The van der Waals surface area contributed by atoms with Gasteiger partial charge in [0.2, 0.25) is 5.91 Å². The molecule has 0 saturated heterocycles. The molecule has 16 heavy (non-hydrogen) atoms. The lowest BCUT2D eigenvalue weighted by Crippen LogP contribution is -2.30. The van der Waals surface area contributed by atoms with Gasteiger partial charge in [0.25, 0.3) is 0 Å². The van der Waals surface area contributed by atoms with Gasteiger partial charge in [-0.1, -0.05) is 13.0 Å². The zero-order valence-electron chi connectivity index (χ0n) is 9.02. The van der Waals surface area contributed by atoms with E-state index in [1.54, 1.807) is 12.1 Å². The van der Waals surface area contributed by atoms with E-state index < -0.39 is 0 Å². The quantitative estimate of drug-likeness (QED) is 0.874. The Morgan fingerprint density at radius 3 is 2.88 bits per heavy atom. The van der Waals surface area contributed by atoms with Gasteiger partial charge < -0.3 is 10.6 Å². The van der Waals surface area contributed by atoms with E-state index >= 15 is 0 Å². The zero-order chi connectivity index (χ0) is 12.0. The minimum Gasteiger partial charge on any atom is -0.373 e. The highest BCUT2D eigenvalue weighted by atomic mass is 79.9. The van der Waals surface area contributed by atoms with Crippen molar-refractivity contribution in [3.8, 4) is 0 Å². The van der Waals surface area contributed by atoms with Crippen LogP contribution in [0.15, 0.2) is 22.7 Å². The van der Waals surface area contributed by atoms with E-state index in [1.807, 2.05) is 6.92 Å². The number of amides is 1. The lowest BCUT2D eigenvalue weighted by Gasteiger charge is -2.09. The molecule has 1 amide bonds. The first-order chi connectivity index (χ1) is 7.65. The molecule has 0 aliphatic rings. The predicted octanol–water partition coefficient (Wildman–Crippen LogP) is 2.53. The van der Waals surface area contributed by atoms with Crippen LogP contribution in [0.3, 0.4) is 0 Å². The fourth-order valence-corrected chi connectivity index (χ4v) is 1.64. The van der Waals surface area contributed by atoms with Crippen molar-refractivity contribution < 1.29 is 9.18 Å². The van der Waals surface area contributed by atoms with Crippen LogP contribution < -0.4 is 10.6 Å². The zero-order valence-corrected chi connectivity index (χ0v) is 10.6. The summed E-state index contributed by atoms with van der Waals surface area (Å²) in [4.78, 5) is 11.3. The van der Waals surface area contributed by atoms with E-state index in [-0.39, 0.29) is 18.3 Å². The molecular formula is C11H14BrFN2O. The number of hydrogen-bond acceptors (Lipinski definition) is 2. The van der Waals surface area contributed by atoms with Crippen LogP contribution in [0.1, 0.15) is 13.3 Å². The number of rotatable bonds is 5. The van der Waals surface area contributed by atoms with Gasteiger partial charge in [-0.15, -0.1) is 0 Å². The number of carbonyl (C=O) groups excluding carboxylic acids is 1. The van der Waals surface area contributed by atoms with Gasteiger partial charge in [0.1, 0.15) is 5.82 Å². The molecule has 0 spiro atoms. The van der Waals surface area contributed by atoms with E-state index in [0.29, 0.717) is 16.7 Å². The molecule has 1 rings (SSSR count). The molecule has 0 heterocycles. The molecule has 0 bridgehead atoms. The van der Waals surface area contributed by atoms with Crippen molar-refractivity contribution in [1.82, 2.24) is 5.32 Å². The molecule has 1 aromatic carbocycles. The Bertz CT molecular complexity index is 351. The molecule has 3 nitrogen and oxygen atoms in total. The molecule has 2 N–H and O–H groups in total. The number of carbonyl (C=O) groups is 1. The van der Waals surface area contributed by atoms with Crippen LogP contribution in [0.25, 0.3) is 0 Å². The van der Waals surface area contributed by atoms with Crippen LogP contribution in [0, 0.1) is 5.82 Å². The summed E-state index contributed by atoms with van der Waals surface area (Å²) in [5.41, 5.74) is 0.314. The van der Waals surface area contributed by atoms with Crippen LogP contribution in [-0.4, -0.2) is 19.0 Å². The standard InChI is InChI=1S/C11H14BrFN2O/c1-2-6-14-10(16)7-15-11-8(12)4-3-5-9(11)13/h3-5,15H,2,6-7H2,1H3,(H,14,16). The minimum atomic E-state index is -0.377. The summed E-state index contributed by atoms with van der Waals surface area (Å²) < 4.78 is 13.9. The maximum Gasteiger partial charge on any atom is 0.239 e. The summed E-state index contributed by atoms with van der Waals surface area (Å²) in [6.45, 7) is 2.68. The molecular weight excluding hydrogens is 275 g/mol. The van der Waals surface area contributed by atoms with Crippen molar-refractivity contribution in [1.29, 1.82) is 0 Å². The van der Waals surface area contributed by atoms with E-state index in [2.05, 4.69) is 26.6 Å². The van der Waals surface area contributed by atoms with Gasteiger partial charge in [-0.05, 0) is 34.5 Å². The molecule has 88 valence electrons. The molecule has 0 saturated carbocycles. The lowest BCUT2D eigenvalue weighted by atomic mass is 10.3. The Hall–Kier alpha value is -1.10. The first-order valence-electron chi connectivity index (χ1n) is 5.09.